The summed E-state index contributed by atoms with van der Waals surface area (Å²) in [5.41, 5.74) is 5.53. The van der Waals surface area contributed by atoms with Crippen LogP contribution in [0.1, 0.15) is 37.2 Å². The number of hydrogen-bond acceptors (Lipinski definition) is 4. The molecule has 0 radical (unpaired) electrons. The molecule has 5 nitrogen and oxygen atoms in total. The van der Waals surface area contributed by atoms with E-state index in [9.17, 15) is 4.79 Å². The van der Waals surface area contributed by atoms with Crippen LogP contribution in [-0.2, 0) is 16.1 Å². The lowest BCUT2D eigenvalue weighted by Gasteiger charge is -2.38. The van der Waals surface area contributed by atoms with E-state index in [-0.39, 0.29) is 5.91 Å². The molecule has 5 heteroatoms. The quantitative estimate of drug-likeness (QED) is 0.899. The highest BCUT2D eigenvalue weighted by Gasteiger charge is 2.45. The van der Waals surface area contributed by atoms with E-state index in [2.05, 4.69) is 0 Å². The number of aryl methyl sites for hydroxylation is 1. The van der Waals surface area contributed by atoms with Crippen molar-refractivity contribution in [2.75, 3.05) is 19.8 Å². The van der Waals surface area contributed by atoms with E-state index in [0.29, 0.717) is 32.3 Å². The van der Waals surface area contributed by atoms with Gasteiger partial charge in [0.05, 0.1) is 12.0 Å². The molecule has 0 aromatic carbocycles. The van der Waals surface area contributed by atoms with Gasteiger partial charge in [0.2, 0.25) is 5.91 Å². The molecular formula is C16H24N2O3. The van der Waals surface area contributed by atoms with E-state index in [4.69, 9.17) is 14.9 Å². The molecule has 116 valence electrons. The molecule has 2 heterocycles. The van der Waals surface area contributed by atoms with Crippen molar-refractivity contribution < 1.29 is 13.9 Å². The fourth-order valence-electron chi connectivity index (χ4n) is 3.06. The zero-order valence-corrected chi connectivity index (χ0v) is 12.6. The second-order valence-electron chi connectivity index (χ2n) is 6.27. The van der Waals surface area contributed by atoms with Crippen LogP contribution in [0.4, 0.5) is 0 Å². The molecular weight excluding hydrogens is 268 g/mol. The third-order valence-electron chi connectivity index (χ3n) is 4.67. The first-order valence-electron chi connectivity index (χ1n) is 7.79. The van der Waals surface area contributed by atoms with Gasteiger partial charge in [-0.15, -0.1) is 0 Å². The largest absolute Gasteiger partial charge is 0.464 e. The molecule has 1 aromatic heterocycles. The number of carbonyl (C=O) groups is 1. The minimum Gasteiger partial charge on any atom is -0.464 e. The summed E-state index contributed by atoms with van der Waals surface area (Å²) >= 11 is 0. The SMILES string of the molecule is Cc1ccc(CN(C(=O)C2(CN)CCOCC2)C2CC2)o1. The first-order chi connectivity index (χ1) is 10.1. The van der Waals surface area contributed by atoms with Gasteiger partial charge in [0.25, 0.3) is 0 Å². The van der Waals surface area contributed by atoms with Crippen molar-refractivity contribution in [1.29, 1.82) is 0 Å². The highest BCUT2D eigenvalue weighted by molar-refractivity contribution is 5.83. The van der Waals surface area contributed by atoms with Crippen molar-refractivity contribution in [2.24, 2.45) is 11.1 Å². The van der Waals surface area contributed by atoms with Gasteiger partial charge in [0, 0.05) is 25.8 Å². The highest BCUT2D eigenvalue weighted by atomic mass is 16.5. The van der Waals surface area contributed by atoms with Crippen LogP contribution in [0.15, 0.2) is 16.5 Å². The molecule has 1 aromatic rings. The Kier molecular flexibility index (Phi) is 4.04. The van der Waals surface area contributed by atoms with Crippen LogP contribution in [-0.4, -0.2) is 36.6 Å². The number of rotatable bonds is 5. The smallest absolute Gasteiger partial charge is 0.230 e. The summed E-state index contributed by atoms with van der Waals surface area (Å²) in [6.07, 6.45) is 3.62. The minimum absolute atomic E-state index is 0.185. The summed E-state index contributed by atoms with van der Waals surface area (Å²) in [4.78, 5) is 15.1. The lowest BCUT2D eigenvalue weighted by atomic mass is 9.78. The zero-order valence-electron chi connectivity index (χ0n) is 12.6. The van der Waals surface area contributed by atoms with Crippen LogP contribution < -0.4 is 5.73 Å². The first-order valence-corrected chi connectivity index (χ1v) is 7.79. The Morgan fingerprint density at radius 1 is 1.38 bits per heavy atom. The Balaban J connectivity index is 1.77. The molecule has 3 rings (SSSR count). The van der Waals surface area contributed by atoms with Crippen molar-refractivity contribution in [2.45, 2.75) is 45.2 Å². The van der Waals surface area contributed by atoms with E-state index < -0.39 is 5.41 Å². The Hall–Kier alpha value is -1.33. The lowest BCUT2D eigenvalue weighted by Crippen LogP contribution is -2.51. The fraction of sp³-hybridized carbons (Fsp3) is 0.688. The fourth-order valence-corrected chi connectivity index (χ4v) is 3.06. The van der Waals surface area contributed by atoms with Crippen molar-refractivity contribution >= 4 is 5.91 Å². The standard InChI is InChI=1S/C16H24N2O3/c1-12-2-5-14(21-12)10-18(13-3-4-13)15(19)16(11-17)6-8-20-9-7-16/h2,5,13H,3-4,6-11,17H2,1H3. The van der Waals surface area contributed by atoms with Crippen molar-refractivity contribution in [3.63, 3.8) is 0 Å². The number of ether oxygens (including phenoxy) is 1. The average Bonchev–Trinajstić information content (AvgIpc) is 3.27. The van der Waals surface area contributed by atoms with Crippen LogP contribution in [0.2, 0.25) is 0 Å². The van der Waals surface area contributed by atoms with E-state index >= 15 is 0 Å². The van der Waals surface area contributed by atoms with E-state index in [1.165, 1.54) is 0 Å². The Bertz CT molecular complexity index is 501. The normalized spacial score (nSPS) is 21.2. The van der Waals surface area contributed by atoms with Crippen LogP contribution >= 0.6 is 0 Å². The van der Waals surface area contributed by atoms with Gasteiger partial charge < -0.3 is 19.8 Å². The lowest BCUT2D eigenvalue weighted by molar-refractivity contribution is -0.148. The van der Waals surface area contributed by atoms with Crippen LogP contribution in [0.3, 0.4) is 0 Å². The van der Waals surface area contributed by atoms with Crippen LogP contribution in [0.25, 0.3) is 0 Å². The second-order valence-corrected chi connectivity index (χ2v) is 6.27. The van der Waals surface area contributed by atoms with Gasteiger partial charge in [0.1, 0.15) is 11.5 Å². The first kappa shape index (κ1) is 14.6. The molecule has 2 N–H and O–H groups in total. The maximum absolute atomic E-state index is 13.1. The number of nitrogens with zero attached hydrogens (tertiary/aromatic N) is 1. The summed E-state index contributed by atoms with van der Waals surface area (Å²) in [5.74, 6) is 1.92. The number of amides is 1. The summed E-state index contributed by atoms with van der Waals surface area (Å²) < 4.78 is 11.1. The second kappa shape index (κ2) is 5.81. The molecule has 2 aliphatic rings. The summed E-state index contributed by atoms with van der Waals surface area (Å²) in [6.45, 7) is 4.13. The summed E-state index contributed by atoms with van der Waals surface area (Å²) in [7, 11) is 0. The van der Waals surface area contributed by atoms with E-state index in [1.54, 1.807) is 0 Å². The monoisotopic (exact) mass is 292 g/mol. The topological polar surface area (TPSA) is 68.7 Å². The van der Waals surface area contributed by atoms with Gasteiger partial charge >= 0.3 is 0 Å². The van der Waals surface area contributed by atoms with Gasteiger partial charge in [-0.3, -0.25) is 4.79 Å². The Morgan fingerprint density at radius 3 is 2.62 bits per heavy atom. The molecule has 1 aliphatic carbocycles. The van der Waals surface area contributed by atoms with E-state index in [1.807, 2.05) is 24.0 Å². The van der Waals surface area contributed by atoms with Crippen molar-refractivity contribution in [3.05, 3.63) is 23.7 Å². The number of carbonyl (C=O) groups excluding carboxylic acids is 1. The molecule has 0 unspecified atom stereocenters. The molecule has 1 saturated carbocycles. The average molecular weight is 292 g/mol. The molecule has 1 aliphatic heterocycles. The highest BCUT2D eigenvalue weighted by Crippen LogP contribution is 2.37. The number of furan rings is 1. The van der Waals surface area contributed by atoms with Gasteiger partial charge in [-0.05, 0) is 44.7 Å². The maximum atomic E-state index is 13.1. The Morgan fingerprint density at radius 2 is 2.10 bits per heavy atom. The predicted octanol–water partition coefficient (Wildman–Crippen LogP) is 1.83. The molecule has 0 spiro atoms. The van der Waals surface area contributed by atoms with Gasteiger partial charge in [-0.1, -0.05) is 0 Å². The van der Waals surface area contributed by atoms with Gasteiger partial charge in [-0.2, -0.15) is 0 Å². The third-order valence-corrected chi connectivity index (χ3v) is 4.67. The zero-order chi connectivity index (χ0) is 14.9. The number of hydrogen-bond donors (Lipinski definition) is 1. The summed E-state index contributed by atoms with van der Waals surface area (Å²) in [5, 5.41) is 0. The molecule has 0 bridgehead atoms. The van der Waals surface area contributed by atoms with Crippen molar-refractivity contribution in [1.82, 2.24) is 4.90 Å². The van der Waals surface area contributed by atoms with Crippen LogP contribution in [0.5, 0.6) is 0 Å². The molecule has 21 heavy (non-hydrogen) atoms. The Labute approximate surface area is 125 Å². The molecule has 1 amide bonds. The summed E-state index contributed by atoms with van der Waals surface area (Å²) in [6, 6.07) is 4.25. The maximum Gasteiger partial charge on any atom is 0.230 e. The molecule has 0 atom stereocenters. The third kappa shape index (κ3) is 2.99. The van der Waals surface area contributed by atoms with Gasteiger partial charge in [0.15, 0.2) is 0 Å². The predicted molar refractivity (Wildman–Crippen MR) is 78.6 cm³/mol. The number of nitrogens with two attached hydrogens (primary N) is 1. The molecule has 2 fully saturated rings. The van der Waals surface area contributed by atoms with E-state index in [0.717, 1.165) is 37.2 Å². The van der Waals surface area contributed by atoms with Crippen LogP contribution in [0, 0.1) is 12.3 Å². The van der Waals surface area contributed by atoms with Gasteiger partial charge in [-0.25, -0.2) is 0 Å². The molecule has 1 saturated heterocycles. The van der Waals surface area contributed by atoms with Crippen molar-refractivity contribution in [3.8, 4) is 0 Å². The minimum atomic E-state index is -0.442.